The summed E-state index contributed by atoms with van der Waals surface area (Å²) in [6, 6.07) is 0.716. The van der Waals surface area contributed by atoms with E-state index in [1.54, 1.807) is 0 Å². The Balaban J connectivity index is 0.000000336. The van der Waals surface area contributed by atoms with Crippen LogP contribution in [0.4, 0.5) is 0 Å². The second-order valence-corrected chi connectivity index (χ2v) is 3.08. The SMILES string of the molecule is CC.Cc1cnn(C2CCC2)c1. The first-order chi connectivity index (χ1) is 5.86. The van der Waals surface area contributed by atoms with Gasteiger partial charge in [-0.3, -0.25) is 4.68 Å². The van der Waals surface area contributed by atoms with Crippen LogP contribution in [0.15, 0.2) is 12.4 Å². The molecular formula is C10H18N2. The van der Waals surface area contributed by atoms with Gasteiger partial charge in [0.05, 0.1) is 12.2 Å². The Bertz CT molecular complexity index is 223. The van der Waals surface area contributed by atoms with Gasteiger partial charge in [-0.25, -0.2) is 0 Å². The first kappa shape index (κ1) is 9.30. The second kappa shape index (κ2) is 4.29. The van der Waals surface area contributed by atoms with Crippen LogP contribution in [-0.4, -0.2) is 9.78 Å². The fourth-order valence-electron chi connectivity index (χ4n) is 1.28. The van der Waals surface area contributed by atoms with Gasteiger partial charge < -0.3 is 0 Å². The van der Waals surface area contributed by atoms with Crippen LogP contribution in [0.2, 0.25) is 0 Å². The highest BCUT2D eigenvalue weighted by Crippen LogP contribution is 2.30. The van der Waals surface area contributed by atoms with E-state index < -0.39 is 0 Å². The van der Waals surface area contributed by atoms with Crippen LogP contribution in [0.1, 0.15) is 44.7 Å². The summed E-state index contributed by atoms with van der Waals surface area (Å²) >= 11 is 0. The Morgan fingerprint density at radius 1 is 1.42 bits per heavy atom. The van der Waals surface area contributed by atoms with E-state index in [9.17, 15) is 0 Å². The molecule has 1 aromatic heterocycles. The van der Waals surface area contributed by atoms with Gasteiger partial charge in [0.2, 0.25) is 0 Å². The van der Waals surface area contributed by atoms with E-state index in [1.165, 1.54) is 24.8 Å². The lowest BCUT2D eigenvalue weighted by Gasteiger charge is -2.25. The minimum atomic E-state index is 0.716. The summed E-state index contributed by atoms with van der Waals surface area (Å²) < 4.78 is 2.10. The van der Waals surface area contributed by atoms with Gasteiger partial charge in [0, 0.05) is 6.20 Å². The lowest BCUT2D eigenvalue weighted by atomic mass is 9.93. The summed E-state index contributed by atoms with van der Waals surface area (Å²) in [5, 5.41) is 4.25. The Kier molecular flexibility index (Phi) is 3.32. The van der Waals surface area contributed by atoms with Crippen LogP contribution in [-0.2, 0) is 0 Å². The first-order valence-electron chi connectivity index (χ1n) is 4.87. The number of hydrogen-bond acceptors (Lipinski definition) is 1. The van der Waals surface area contributed by atoms with Crippen molar-refractivity contribution in [3.05, 3.63) is 18.0 Å². The van der Waals surface area contributed by atoms with E-state index in [2.05, 4.69) is 22.9 Å². The predicted molar refractivity (Wildman–Crippen MR) is 51.2 cm³/mol. The van der Waals surface area contributed by atoms with Crippen molar-refractivity contribution in [3.63, 3.8) is 0 Å². The highest BCUT2D eigenvalue weighted by Gasteiger charge is 2.19. The topological polar surface area (TPSA) is 17.8 Å². The summed E-state index contributed by atoms with van der Waals surface area (Å²) in [4.78, 5) is 0. The Hall–Kier alpha value is -0.790. The molecule has 2 heteroatoms. The van der Waals surface area contributed by atoms with E-state index in [1.807, 2.05) is 20.0 Å². The number of aromatic nitrogens is 2. The van der Waals surface area contributed by atoms with Crippen LogP contribution in [0, 0.1) is 6.92 Å². The number of nitrogens with zero attached hydrogens (tertiary/aromatic N) is 2. The molecular weight excluding hydrogens is 148 g/mol. The number of hydrogen-bond donors (Lipinski definition) is 0. The van der Waals surface area contributed by atoms with E-state index in [0.29, 0.717) is 6.04 Å². The molecule has 0 bridgehead atoms. The van der Waals surface area contributed by atoms with Crippen molar-refractivity contribution in [2.24, 2.45) is 0 Å². The van der Waals surface area contributed by atoms with Crippen LogP contribution in [0.25, 0.3) is 0 Å². The van der Waals surface area contributed by atoms with Crippen molar-refractivity contribution in [2.45, 2.75) is 46.1 Å². The second-order valence-electron chi connectivity index (χ2n) is 3.08. The highest BCUT2D eigenvalue weighted by atomic mass is 15.3. The number of aryl methyl sites for hydroxylation is 1. The molecule has 0 unspecified atom stereocenters. The maximum absolute atomic E-state index is 4.25. The standard InChI is InChI=1S/C8H12N2.C2H6/c1-7-5-9-10(6-7)8-3-2-4-8;1-2/h5-6,8H,2-4H2,1H3;1-2H3. The largest absolute Gasteiger partial charge is 0.269 e. The molecule has 2 rings (SSSR count). The molecule has 0 aliphatic heterocycles. The lowest BCUT2D eigenvalue weighted by Crippen LogP contribution is -2.16. The molecule has 1 heterocycles. The van der Waals surface area contributed by atoms with Gasteiger partial charge in [-0.05, 0) is 31.7 Å². The van der Waals surface area contributed by atoms with Gasteiger partial charge in [0.25, 0.3) is 0 Å². The molecule has 68 valence electrons. The maximum atomic E-state index is 4.25. The predicted octanol–water partition coefficient (Wildman–Crippen LogP) is 2.94. The lowest BCUT2D eigenvalue weighted by molar-refractivity contribution is 0.289. The summed E-state index contributed by atoms with van der Waals surface area (Å²) in [6.45, 7) is 6.09. The molecule has 0 radical (unpaired) electrons. The minimum Gasteiger partial charge on any atom is -0.269 e. The summed E-state index contributed by atoms with van der Waals surface area (Å²) in [5.74, 6) is 0. The molecule has 0 spiro atoms. The van der Waals surface area contributed by atoms with E-state index in [4.69, 9.17) is 0 Å². The molecule has 2 nitrogen and oxygen atoms in total. The van der Waals surface area contributed by atoms with Crippen LogP contribution >= 0.6 is 0 Å². The fraction of sp³-hybridized carbons (Fsp3) is 0.700. The van der Waals surface area contributed by atoms with Gasteiger partial charge in [0.15, 0.2) is 0 Å². The van der Waals surface area contributed by atoms with E-state index in [-0.39, 0.29) is 0 Å². The van der Waals surface area contributed by atoms with Crippen molar-refractivity contribution >= 4 is 0 Å². The minimum absolute atomic E-state index is 0.716. The van der Waals surface area contributed by atoms with Gasteiger partial charge in [-0.15, -0.1) is 0 Å². The normalized spacial score (nSPS) is 16.2. The number of rotatable bonds is 1. The van der Waals surface area contributed by atoms with E-state index >= 15 is 0 Å². The zero-order valence-corrected chi connectivity index (χ0v) is 8.25. The zero-order chi connectivity index (χ0) is 8.97. The molecule has 0 atom stereocenters. The van der Waals surface area contributed by atoms with Crippen molar-refractivity contribution in [3.8, 4) is 0 Å². The molecule has 1 aromatic rings. The van der Waals surface area contributed by atoms with Gasteiger partial charge in [-0.2, -0.15) is 5.10 Å². The third kappa shape index (κ3) is 1.87. The molecule has 1 aliphatic rings. The van der Waals surface area contributed by atoms with Gasteiger partial charge in [0.1, 0.15) is 0 Å². The average Bonchev–Trinajstić information content (AvgIpc) is 2.37. The van der Waals surface area contributed by atoms with Crippen LogP contribution < -0.4 is 0 Å². The molecule has 0 aromatic carbocycles. The highest BCUT2D eigenvalue weighted by molar-refractivity contribution is 5.01. The maximum Gasteiger partial charge on any atom is 0.0519 e. The zero-order valence-electron chi connectivity index (χ0n) is 8.25. The monoisotopic (exact) mass is 166 g/mol. The van der Waals surface area contributed by atoms with Gasteiger partial charge in [-0.1, -0.05) is 13.8 Å². The van der Waals surface area contributed by atoms with E-state index in [0.717, 1.165) is 0 Å². The molecule has 0 N–H and O–H groups in total. The summed E-state index contributed by atoms with van der Waals surface area (Å²) in [7, 11) is 0. The molecule has 1 saturated carbocycles. The third-order valence-corrected chi connectivity index (χ3v) is 2.18. The third-order valence-electron chi connectivity index (χ3n) is 2.18. The molecule has 0 saturated heterocycles. The van der Waals surface area contributed by atoms with Gasteiger partial charge >= 0.3 is 0 Å². The Labute approximate surface area is 74.6 Å². The smallest absolute Gasteiger partial charge is 0.0519 e. The molecule has 12 heavy (non-hydrogen) atoms. The van der Waals surface area contributed by atoms with Crippen molar-refractivity contribution in [1.82, 2.24) is 9.78 Å². The Morgan fingerprint density at radius 3 is 2.42 bits per heavy atom. The summed E-state index contributed by atoms with van der Waals surface area (Å²) in [5.41, 5.74) is 1.27. The molecule has 0 amide bonds. The van der Waals surface area contributed by atoms with Crippen LogP contribution in [0.5, 0.6) is 0 Å². The van der Waals surface area contributed by atoms with Crippen molar-refractivity contribution in [2.75, 3.05) is 0 Å². The van der Waals surface area contributed by atoms with Crippen molar-refractivity contribution in [1.29, 1.82) is 0 Å². The summed E-state index contributed by atoms with van der Waals surface area (Å²) in [6.07, 6.45) is 8.08. The van der Waals surface area contributed by atoms with Crippen LogP contribution in [0.3, 0.4) is 0 Å². The first-order valence-corrected chi connectivity index (χ1v) is 4.87. The molecule has 1 aliphatic carbocycles. The quantitative estimate of drug-likeness (QED) is 0.627. The fourth-order valence-corrected chi connectivity index (χ4v) is 1.28. The average molecular weight is 166 g/mol. The van der Waals surface area contributed by atoms with Crippen molar-refractivity contribution < 1.29 is 0 Å². The molecule has 1 fully saturated rings. The Morgan fingerprint density at radius 2 is 2.08 bits per heavy atom.